The Bertz CT molecular complexity index is 2490. The molecule has 0 aliphatic carbocycles. The maximum Gasteiger partial charge on any atom is 0.346 e. The first-order valence-corrected chi connectivity index (χ1v) is 16.1. The highest BCUT2D eigenvalue weighted by molar-refractivity contribution is 6.16. The lowest BCUT2D eigenvalue weighted by molar-refractivity contribution is 0.0443. The first-order chi connectivity index (χ1) is 25.7. The van der Waals surface area contributed by atoms with E-state index in [1.54, 1.807) is 76.6 Å². The number of cyclic esters (lactones) is 2. The predicted molar refractivity (Wildman–Crippen MR) is 194 cm³/mol. The number of hydrogen-bond acceptors (Lipinski definition) is 11. The fraction of sp³-hybridized carbons (Fsp3) is 0.0513. The average molecular weight is 707 g/mol. The second-order valence-electron chi connectivity index (χ2n) is 11.8. The van der Waals surface area contributed by atoms with Crippen molar-refractivity contribution in [2.45, 2.75) is 0 Å². The topological polar surface area (TPSA) is 178 Å². The van der Waals surface area contributed by atoms with Gasteiger partial charge in [0.25, 0.3) is 5.91 Å². The molecule has 262 valence electrons. The Balaban J connectivity index is 0.000000186. The molecule has 0 saturated heterocycles. The zero-order valence-corrected chi connectivity index (χ0v) is 28.3. The smallest absolute Gasteiger partial charge is 0.346 e. The number of esters is 2. The van der Waals surface area contributed by atoms with Crippen LogP contribution in [0.25, 0.3) is 22.5 Å². The number of carbonyl (C=O) groups excluding carboxylic acids is 3. The van der Waals surface area contributed by atoms with E-state index in [0.717, 1.165) is 22.5 Å². The van der Waals surface area contributed by atoms with Gasteiger partial charge in [0, 0.05) is 91.2 Å². The lowest BCUT2D eigenvalue weighted by atomic mass is 10.1. The molecular weight excluding hydrogens is 676 g/mol. The van der Waals surface area contributed by atoms with Crippen LogP contribution in [0.5, 0.6) is 23.0 Å². The molecule has 0 unspecified atom stereocenters. The van der Waals surface area contributed by atoms with Crippen molar-refractivity contribution in [3.8, 4) is 45.5 Å². The van der Waals surface area contributed by atoms with E-state index in [0.29, 0.717) is 34.4 Å². The SMILES string of the molecule is Cn1cc(-c2cc(Oc3cccc(N)c3)ccn2)cn1.Cn1cc(-c2cc(Oc3cccc(NC(=O)c4ccc5c(c4)C(=O)OC5=O)c3)ccn2)cn1. The molecule has 14 nitrogen and oxygen atoms in total. The summed E-state index contributed by atoms with van der Waals surface area (Å²) in [5.74, 6) is 0.591. The Kier molecular flexibility index (Phi) is 9.40. The molecule has 0 atom stereocenters. The Morgan fingerprint density at radius 2 is 1.25 bits per heavy atom. The van der Waals surface area contributed by atoms with Crippen LogP contribution in [0.2, 0.25) is 0 Å². The molecular formula is C39H30N8O6. The summed E-state index contributed by atoms with van der Waals surface area (Å²) in [6, 6.07) is 25.6. The second kappa shape index (κ2) is 14.7. The zero-order chi connectivity index (χ0) is 36.9. The van der Waals surface area contributed by atoms with Gasteiger partial charge in [-0.05, 0) is 54.6 Å². The third-order valence-corrected chi connectivity index (χ3v) is 7.79. The third kappa shape index (κ3) is 8.07. The van der Waals surface area contributed by atoms with Crippen molar-refractivity contribution in [1.29, 1.82) is 0 Å². The molecule has 1 aliphatic rings. The fourth-order valence-corrected chi connectivity index (χ4v) is 5.29. The van der Waals surface area contributed by atoms with Gasteiger partial charge in [-0.2, -0.15) is 10.2 Å². The first-order valence-electron chi connectivity index (χ1n) is 16.1. The molecule has 1 aliphatic heterocycles. The number of nitrogens with two attached hydrogens (primary N) is 1. The maximum atomic E-state index is 12.7. The van der Waals surface area contributed by atoms with Crippen LogP contribution >= 0.6 is 0 Å². The molecule has 3 N–H and O–H groups in total. The third-order valence-electron chi connectivity index (χ3n) is 7.79. The number of nitrogens with zero attached hydrogens (tertiary/aromatic N) is 6. The Morgan fingerprint density at radius 3 is 1.83 bits per heavy atom. The van der Waals surface area contributed by atoms with Crippen molar-refractivity contribution < 1.29 is 28.6 Å². The van der Waals surface area contributed by atoms with E-state index in [1.165, 1.54) is 18.2 Å². The van der Waals surface area contributed by atoms with Crippen LogP contribution in [0, 0.1) is 0 Å². The highest BCUT2D eigenvalue weighted by Crippen LogP contribution is 2.29. The van der Waals surface area contributed by atoms with Gasteiger partial charge in [0.1, 0.15) is 23.0 Å². The van der Waals surface area contributed by atoms with Crippen molar-refractivity contribution in [2.24, 2.45) is 14.1 Å². The molecule has 53 heavy (non-hydrogen) atoms. The number of amides is 1. The lowest BCUT2D eigenvalue weighted by Gasteiger charge is -2.10. The van der Waals surface area contributed by atoms with E-state index >= 15 is 0 Å². The van der Waals surface area contributed by atoms with E-state index in [-0.39, 0.29) is 16.7 Å². The van der Waals surface area contributed by atoms with Gasteiger partial charge < -0.3 is 25.3 Å². The Labute approximate surface area is 302 Å². The molecule has 0 saturated carbocycles. The monoisotopic (exact) mass is 706 g/mol. The van der Waals surface area contributed by atoms with Gasteiger partial charge in [0.2, 0.25) is 0 Å². The number of rotatable bonds is 8. The maximum absolute atomic E-state index is 12.7. The van der Waals surface area contributed by atoms with Gasteiger partial charge in [0.15, 0.2) is 0 Å². The van der Waals surface area contributed by atoms with E-state index < -0.39 is 17.8 Å². The number of aryl methyl sites for hydroxylation is 2. The van der Waals surface area contributed by atoms with Crippen LogP contribution in [-0.4, -0.2) is 47.4 Å². The molecule has 1 amide bonds. The summed E-state index contributed by atoms with van der Waals surface area (Å²) in [6.45, 7) is 0. The van der Waals surface area contributed by atoms with Crippen LogP contribution in [0.15, 0.2) is 128 Å². The van der Waals surface area contributed by atoms with Crippen molar-refractivity contribution in [3.63, 3.8) is 0 Å². The Morgan fingerprint density at radius 1 is 0.679 bits per heavy atom. The molecule has 0 radical (unpaired) electrons. The predicted octanol–water partition coefficient (Wildman–Crippen LogP) is 6.69. The summed E-state index contributed by atoms with van der Waals surface area (Å²) >= 11 is 0. The largest absolute Gasteiger partial charge is 0.457 e. The minimum Gasteiger partial charge on any atom is -0.457 e. The van der Waals surface area contributed by atoms with Crippen LogP contribution in [0.1, 0.15) is 31.1 Å². The van der Waals surface area contributed by atoms with Gasteiger partial charge in [0.05, 0.1) is 34.9 Å². The number of benzene rings is 3. The van der Waals surface area contributed by atoms with Crippen LogP contribution < -0.4 is 20.5 Å². The van der Waals surface area contributed by atoms with Gasteiger partial charge in [-0.3, -0.25) is 24.1 Å². The van der Waals surface area contributed by atoms with E-state index in [2.05, 4.69) is 30.2 Å². The van der Waals surface area contributed by atoms with Gasteiger partial charge in [-0.15, -0.1) is 0 Å². The number of aromatic nitrogens is 6. The molecule has 3 aromatic carbocycles. The normalized spacial score (nSPS) is 11.6. The number of fused-ring (bicyclic) bond motifs is 1. The summed E-state index contributed by atoms with van der Waals surface area (Å²) in [5.41, 5.74) is 10.7. The highest BCUT2D eigenvalue weighted by atomic mass is 16.6. The van der Waals surface area contributed by atoms with Gasteiger partial charge >= 0.3 is 11.9 Å². The van der Waals surface area contributed by atoms with Crippen molar-refractivity contribution in [1.82, 2.24) is 29.5 Å². The zero-order valence-electron chi connectivity index (χ0n) is 28.3. The molecule has 0 fully saturated rings. The fourth-order valence-electron chi connectivity index (χ4n) is 5.29. The number of nitrogen functional groups attached to an aromatic ring is 1. The lowest BCUT2D eigenvalue weighted by Crippen LogP contribution is -2.12. The van der Waals surface area contributed by atoms with Crippen LogP contribution in [-0.2, 0) is 18.8 Å². The van der Waals surface area contributed by atoms with Crippen LogP contribution in [0.3, 0.4) is 0 Å². The number of hydrogen-bond donors (Lipinski definition) is 2. The van der Waals surface area contributed by atoms with Crippen molar-refractivity contribution in [2.75, 3.05) is 11.1 Å². The number of ether oxygens (including phenoxy) is 3. The number of pyridine rings is 2. The Hall–Kier alpha value is -7.61. The van der Waals surface area contributed by atoms with E-state index in [4.69, 9.17) is 15.2 Å². The molecule has 7 aromatic rings. The standard InChI is InChI=1S/C24H16N4O5.C15H14N4O/c1-28-13-15(12-26-28)21-11-18(7-8-25-21)32-17-4-2-3-16(10-17)27-22(29)14-5-6-19-20(9-14)24(31)33-23(19)30;1-19-10-11(9-18-19)15-8-14(5-6-17-15)20-13-4-2-3-12(16)7-13/h2-13H,1H3,(H,27,29);2-10H,16H2,1H3. The summed E-state index contributed by atoms with van der Waals surface area (Å²) in [7, 11) is 3.70. The molecule has 8 rings (SSSR count). The molecule has 5 heterocycles. The summed E-state index contributed by atoms with van der Waals surface area (Å²) in [5, 5.41) is 11.1. The number of carbonyl (C=O) groups is 3. The molecule has 0 spiro atoms. The summed E-state index contributed by atoms with van der Waals surface area (Å²) in [4.78, 5) is 44.7. The number of anilines is 2. The number of nitrogens with one attached hydrogen (secondary N) is 1. The van der Waals surface area contributed by atoms with E-state index in [9.17, 15) is 14.4 Å². The highest BCUT2D eigenvalue weighted by Gasteiger charge is 2.30. The van der Waals surface area contributed by atoms with E-state index in [1.807, 2.05) is 56.8 Å². The second-order valence-corrected chi connectivity index (χ2v) is 11.8. The van der Waals surface area contributed by atoms with Crippen molar-refractivity contribution in [3.05, 3.63) is 145 Å². The minimum absolute atomic E-state index is 0.0758. The van der Waals surface area contributed by atoms with Gasteiger partial charge in [-0.25, -0.2) is 9.59 Å². The molecule has 0 bridgehead atoms. The quantitative estimate of drug-likeness (QED) is 0.0977. The summed E-state index contributed by atoms with van der Waals surface area (Å²) < 4.78 is 19.7. The average Bonchev–Trinajstić information content (AvgIpc) is 3.87. The summed E-state index contributed by atoms with van der Waals surface area (Å²) in [6.07, 6.45) is 10.6. The van der Waals surface area contributed by atoms with Crippen LogP contribution in [0.4, 0.5) is 11.4 Å². The molecule has 14 heteroatoms. The van der Waals surface area contributed by atoms with Gasteiger partial charge in [-0.1, -0.05) is 12.1 Å². The van der Waals surface area contributed by atoms with Crippen molar-refractivity contribution >= 4 is 29.2 Å². The first kappa shape index (κ1) is 33.9. The minimum atomic E-state index is -0.761. The molecule has 4 aromatic heterocycles.